The van der Waals surface area contributed by atoms with Crippen molar-refractivity contribution in [1.82, 2.24) is 0 Å². The molecule has 2 N–H and O–H groups in total. The lowest BCUT2D eigenvalue weighted by Gasteiger charge is -2.12. The van der Waals surface area contributed by atoms with Crippen LogP contribution in [0.25, 0.3) is 0 Å². The van der Waals surface area contributed by atoms with Gasteiger partial charge in [0.15, 0.2) is 5.75 Å². The molecule has 0 aromatic heterocycles. The molecule has 0 bridgehead atoms. The Morgan fingerprint density at radius 3 is 2.57 bits per heavy atom. The van der Waals surface area contributed by atoms with E-state index in [0.717, 1.165) is 5.56 Å². The van der Waals surface area contributed by atoms with Crippen LogP contribution in [-0.4, -0.2) is 17.7 Å². The van der Waals surface area contributed by atoms with Crippen LogP contribution in [0.3, 0.4) is 0 Å². The van der Waals surface area contributed by atoms with Crippen molar-refractivity contribution in [3.8, 4) is 5.75 Å². The Bertz CT molecular complexity index is 709. The van der Waals surface area contributed by atoms with E-state index in [9.17, 15) is 4.79 Å². The summed E-state index contributed by atoms with van der Waals surface area (Å²) in [4.78, 5) is 11.0. The fourth-order valence-corrected chi connectivity index (χ4v) is 2.60. The van der Waals surface area contributed by atoms with Gasteiger partial charge in [-0.1, -0.05) is 41.9 Å². The molecule has 0 unspecified atom stereocenters. The van der Waals surface area contributed by atoms with Crippen LogP contribution >= 0.6 is 23.2 Å². The standard InChI is InChI=1S/C17H15Cl2NO3/c1-2-6-23-16-14(18)7-11(8-15(16)19)10-20-13-5-3-4-12(9-13)17(21)22/h2-5,7-9,20H,1,6,10H2,(H,21,22). The fourth-order valence-electron chi connectivity index (χ4n) is 1.96. The lowest BCUT2D eigenvalue weighted by atomic mass is 10.2. The number of halogens is 2. The van der Waals surface area contributed by atoms with Crippen LogP contribution in [0.4, 0.5) is 5.69 Å². The number of carbonyl (C=O) groups is 1. The predicted molar refractivity (Wildman–Crippen MR) is 92.9 cm³/mol. The molecule has 0 aliphatic rings. The summed E-state index contributed by atoms with van der Waals surface area (Å²) in [5.74, 6) is -0.548. The average Bonchev–Trinajstić information content (AvgIpc) is 2.52. The van der Waals surface area contributed by atoms with E-state index in [1.165, 1.54) is 6.07 Å². The number of rotatable bonds is 7. The number of aromatic carboxylic acids is 1. The second-order valence-electron chi connectivity index (χ2n) is 4.73. The average molecular weight is 352 g/mol. The van der Waals surface area contributed by atoms with Crippen molar-refractivity contribution in [3.63, 3.8) is 0 Å². The molecule has 2 rings (SSSR count). The van der Waals surface area contributed by atoms with Crippen molar-refractivity contribution in [2.24, 2.45) is 0 Å². The van der Waals surface area contributed by atoms with Crippen molar-refractivity contribution in [3.05, 3.63) is 70.2 Å². The molecule has 0 aliphatic carbocycles. The first kappa shape index (κ1) is 17.2. The van der Waals surface area contributed by atoms with Crippen LogP contribution in [0.1, 0.15) is 15.9 Å². The monoisotopic (exact) mass is 351 g/mol. The first-order chi connectivity index (χ1) is 11.0. The van der Waals surface area contributed by atoms with Gasteiger partial charge in [0.2, 0.25) is 0 Å². The van der Waals surface area contributed by atoms with E-state index in [4.69, 9.17) is 33.0 Å². The summed E-state index contributed by atoms with van der Waals surface area (Å²) in [6.45, 7) is 4.34. The van der Waals surface area contributed by atoms with E-state index in [1.54, 1.807) is 36.4 Å². The summed E-state index contributed by atoms with van der Waals surface area (Å²) < 4.78 is 5.41. The number of anilines is 1. The van der Waals surface area contributed by atoms with Crippen LogP contribution in [-0.2, 0) is 6.54 Å². The van der Waals surface area contributed by atoms with Crippen molar-refractivity contribution in [2.45, 2.75) is 6.54 Å². The van der Waals surface area contributed by atoms with E-state index in [-0.39, 0.29) is 5.56 Å². The first-order valence-corrected chi connectivity index (χ1v) is 7.55. The number of nitrogens with one attached hydrogen (secondary N) is 1. The molecular weight excluding hydrogens is 337 g/mol. The molecule has 0 saturated carbocycles. The van der Waals surface area contributed by atoms with Gasteiger partial charge >= 0.3 is 5.97 Å². The molecule has 2 aromatic rings. The highest BCUT2D eigenvalue weighted by atomic mass is 35.5. The lowest BCUT2D eigenvalue weighted by molar-refractivity contribution is 0.0697. The highest BCUT2D eigenvalue weighted by Gasteiger charge is 2.10. The van der Waals surface area contributed by atoms with Gasteiger partial charge in [-0.3, -0.25) is 0 Å². The third-order valence-corrected chi connectivity index (χ3v) is 3.57. The van der Waals surface area contributed by atoms with Crippen molar-refractivity contribution in [2.75, 3.05) is 11.9 Å². The Morgan fingerprint density at radius 2 is 1.96 bits per heavy atom. The van der Waals surface area contributed by atoms with Gasteiger partial charge in [0, 0.05) is 12.2 Å². The molecule has 0 aliphatic heterocycles. The summed E-state index contributed by atoms with van der Waals surface area (Å²) >= 11 is 12.3. The second kappa shape index (κ2) is 7.90. The molecular formula is C17H15Cl2NO3. The number of carboxylic acids is 1. The maximum absolute atomic E-state index is 11.0. The number of hydrogen-bond acceptors (Lipinski definition) is 3. The fraction of sp³-hybridized carbons (Fsp3) is 0.118. The van der Waals surface area contributed by atoms with Gasteiger partial charge in [0.05, 0.1) is 15.6 Å². The molecule has 0 atom stereocenters. The largest absolute Gasteiger partial charge is 0.486 e. The van der Waals surface area contributed by atoms with Crippen LogP contribution in [0, 0.1) is 0 Å². The van der Waals surface area contributed by atoms with Gasteiger partial charge < -0.3 is 15.2 Å². The van der Waals surface area contributed by atoms with Gasteiger partial charge in [-0.15, -0.1) is 0 Å². The van der Waals surface area contributed by atoms with Crippen LogP contribution in [0.5, 0.6) is 5.75 Å². The van der Waals surface area contributed by atoms with Crippen molar-refractivity contribution < 1.29 is 14.6 Å². The maximum atomic E-state index is 11.0. The van der Waals surface area contributed by atoms with Crippen LogP contribution in [0.15, 0.2) is 49.1 Å². The zero-order valence-electron chi connectivity index (χ0n) is 12.2. The highest BCUT2D eigenvalue weighted by Crippen LogP contribution is 2.34. The predicted octanol–water partition coefficient (Wildman–Crippen LogP) is 4.87. The molecule has 0 radical (unpaired) electrons. The molecule has 0 saturated heterocycles. The Hall–Kier alpha value is -2.17. The van der Waals surface area contributed by atoms with E-state index in [2.05, 4.69) is 11.9 Å². The zero-order chi connectivity index (χ0) is 16.8. The van der Waals surface area contributed by atoms with Crippen molar-refractivity contribution in [1.29, 1.82) is 0 Å². The van der Waals surface area contributed by atoms with Gasteiger partial charge in [-0.05, 0) is 35.9 Å². The van der Waals surface area contributed by atoms with Gasteiger partial charge in [-0.25, -0.2) is 4.79 Å². The zero-order valence-corrected chi connectivity index (χ0v) is 13.7. The van der Waals surface area contributed by atoms with E-state index < -0.39 is 5.97 Å². The van der Waals surface area contributed by atoms with Gasteiger partial charge in [0.25, 0.3) is 0 Å². The van der Waals surface area contributed by atoms with Crippen molar-refractivity contribution >= 4 is 34.9 Å². The SMILES string of the molecule is C=CCOc1c(Cl)cc(CNc2cccc(C(=O)O)c2)cc1Cl. The minimum atomic E-state index is -0.969. The molecule has 0 fully saturated rings. The topological polar surface area (TPSA) is 58.6 Å². The van der Waals surface area contributed by atoms with Crippen LogP contribution in [0.2, 0.25) is 10.0 Å². The van der Waals surface area contributed by atoms with E-state index in [1.807, 2.05) is 0 Å². The Morgan fingerprint density at radius 1 is 1.26 bits per heavy atom. The Kier molecular flexibility index (Phi) is 5.90. The summed E-state index contributed by atoms with van der Waals surface area (Å²) in [6, 6.07) is 10.1. The van der Waals surface area contributed by atoms with Crippen LogP contribution < -0.4 is 10.1 Å². The summed E-state index contributed by atoms with van der Waals surface area (Å²) in [5.41, 5.74) is 1.77. The number of benzene rings is 2. The second-order valence-corrected chi connectivity index (χ2v) is 5.54. The Labute approximate surface area is 144 Å². The molecule has 0 amide bonds. The van der Waals surface area contributed by atoms with Gasteiger partial charge in [-0.2, -0.15) is 0 Å². The molecule has 0 spiro atoms. The molecule has 4 nitrogen and oxygen atoms in total. The lowest BCUT2D eigenvalue weighted by Crippen LogP contribution is -2.03. The summed E-state index contributed by atoms with van der Waals surface area (Å²) in [5, 5.41) is 12.9. The number of ether oxygens (including phenoxy) is 1. The third-order valence-electron chi connectivity index (χ3n) is 3.01. The maximum Gasteiger partial charge on any atom is 0.335 e. The summed E-state index contributed by atoms with van der Waals surface area (Å²) in [7, 11) is 0. The quantitative estimate of drug-likeness (QED) is 0.698. The first-order valence-electron chi connectivity index (χ1n) is 6.80. The molecule has 6 heteroatoms. The minimum Gasteiger partial charge on any atom is -0.486 e. The minimum absolute atomic E-state index is 0.222. The number of hydrogen-bond donors (Lipinski definition) is 2. The van der Waals surface area contributed by atoms with Gasteiger partial charge in [0.1, 0.15) is 6.61 Å². The van der Waals surface area contributed by atoms with E-state index >= 15 is 0 Å². The van der Waals surface area contributed by atoms with E-state index in [0.29, 0.717) is 34.6 Å². The number of carboxylic acid groups (broad SMARTS) is 1. The molecule has 0 heterocycles. The highest BCUT2D eigenvalue weighted by molar-refractivity contribution is 6.37. The smallest absolute Gasteiger partial charge is 0.335 e. The molecule has 2 aromatic carbocycles. The molecule has 120 valence electrons. The normalized spacial score (nSPS) is 10.2. The third kappa shape index (κ3) is 4.65. The molecule has 23 heavy (non-hydrogen) atoms. The Balaban J connectivity index is 2.10. The summed E-state index contributed by atoms with van der Waals surface area (Å²) in [6.07, 6.45) is 1.61.